The quantitative estimate of drug-likeness (QED) is 0.286. The normalized spacial score (nSPS) is 44.0. The van der Waals surface area contributed by atoms with Crippen molar-refractivity contribution in [3.8, 4) is 0 Å². The van der Waals surface area contributed by atoms with Gasteiger partial charge in [-0.2, -0.15) is 0 Å². The minimum Gasteiger partial charge on any atom is -0.462 e. The lowest BCUT2D eigenvalue weighted by Crippen LogP contribution is -2.58. The van der Waals surface area contributed by atoms with Gasteiger partial charge in [0.25, 0.3) is 0 Å². The molecule has 0 radical (unpaired) electrons. The van der Waals surface area contributed by atoms with Crippen LogP contribution in [0.4, 0.5) is 0 Å². The summed E-state index contributed by atoms with van der Waals surface area (Å²) in [6.07, 6.45) is 15.9. The van der Waals surface area contributed by atoms with Gasteiger partial charge in [0.05, 0.1) is 0 Å². The summed E-state index contributed by atoms with van der Waals surface area (Å²) in [5.41, 5.74) is 3.00. The molecule has 1 unspecified atom stereocenters. The number of carbonyl (C=O) groups excluding carboxylic acids is 1. The highest BCUT2D eigenvalue weighted by Gasteiger charge is 2.65. The Balaban J connectivity index is 1.59. The second kappa shape index (κ2) is 8.95. The standard InChI is InChI=1S/C32H54O2/c1-21(2)11-10-12-22(3)24-15-19-32(9)26-13-14-27-29(5,6)28(34-23(4)33)17-18-30(27,7)25(26)16-20-31(24,32)8/h13,21-22,24-25,27-28H,10-12,14-20H2,1-9H3/t22-,24-,25+,27+,28?,30-,31-,32+/m1/s1. The maximum Gasteiger partial charge on any atom is 0.302 e. The molecule has 0 aromatic carbocycles. The maximum atomic E-state index is 11.8. The summed E-state index contributed by atoms with van der Waals surface area (Å²) >= 11 is 0. The molecule has 0 heterocycles. The van der Waals surface area contributed by atoms with Crippen LogP contribution >= 0.6 is 0 Å². The summed E-state index contributed by atoms with van der Waals surface area (Å²) in [6.45, 7) is 21.6. The Bertz CT molecular complexity index is 808. The van der Waals surface area contributed by atoms with E-state index in [-0.39, 0.29) is 17.5 Å². The van der Waals surface area contributed by atoms with Gasteiger partial charge in [-0.25, -0.2) is 0 Å². The molecule has 0 N–H and O–H groups in total. The van der Waals surface area contributed by atoms with Gasteiger partial charge < -0.3 is 4.74 Å². The van der Waals surface area contributed by atoms with Crippen molar-refractivity contribution in [3.05, 3.63) is 11.6 Å². The molecule has 0 saturated heterocycles. The molecular formula is C32H54O2. The smallest absolute Gasteiger partial charge is 0.302 e. The minimum atomic E-state index is -0.117. The van der Waals surface area contributed by atoms with E-state index in [0.29, 0.717) is 28.1 Å². The third-order valence-electron chi connectivity index (χ3n) is 12.3. The van der Waals surface area contributed by atoms with Gasteiger partial charge in [0.15, 0.2) is 0 Å². The highest BCUT2D eigenvalue weighted by molar-refractivity contribution is 5.66. The predicted molar refractivity (Wildman–Crippen MR) is 142 cm³/mol. The van der Waals surface area contributed by atoms with Crippen molar-refractivity contribution < 1.29 is 9.53 Å². The third-order valence-corrected chi connectivity index (χ3v) is 12.3. The number of hydrogen-bond acceptors (Lipinski definition) is 2. The number of fused-ring (bicyclic) bond motifs is 5. The minimum absolute atomic E-state index is 0.0332. The topological polar surface area (TPSA) is 26.3 Å². The first kappa shape index (κ1) is 26.3. The van der Waals surface area contributed by atoms with Crippen LogP contribution in [0, 0.1) is 51.2 Å². The fourth-order valence-electron chi connectivity index (χ4n) is 10.1. The van der Waals surface area contributed by atoms with Crippen molar-refractivity contribution in [3.63, 3.8) is 0 Å². The molecule has 4 aliphatic carbocycles. The van der Waals surface area contributed by atoms with Crippen LogP contribution in [-0.4, -0.2) is 12.1 Å². The van der Waals surface area contributed by atoms with E-state index in [0.717, 1.165) is 30.6 Å². The van der Waals surface area contributed by atoms with Crippen LogP contribution in [-0.2, 0) is 9.53 Å². The first-order valence-electron chi connectivity index (χ1n) is 14.6. The fraction of sp³-hybridized carbons (Fsp3) is 0.906. The lowest BCUT2D eigenvalue weighted by molar-refractivity contribution is -0.174. The van der Waals surface area contributed by atoms with Gasteiger partial charge in [-0.3, -0.25) is 4.79 Å². The molecule has 194 valence electrons. The van der Waals surface area contributed by atoms with Gasteiger partial charge in [0, 0.05) is 12.3 Å². The van der Waals surface area contributed by atoms with E-state index in [1.54, 1.807) is 6.92 Å². The zero-order valence-electron chi connectivity index (χ0n) is 23.9. The van der Waals surface area contributed by atoms with Crippen molar-refractivity contribution in [2.75, 3.05) is 0 Å². The number of esters is 1. The van der Waals surface area contributed by atoms with E-state index >= 15 is 0 Å². The van der Waals surface area contributed by atoms with E-state index in [4.69, 9.17) is 4.74 Å². The van der Waals surface area contributed by atoms with E-state index < -0.39 is 0 Å². The Morgan fingerprint density at radius 1 is 1.00 bits per heavy atom. The summed E-state index contributed by atoms with van der Waals surface area (Å²) < 4.78 is 5.87. The highest BCUT2D eigenvalue weighted by atomic mass is 16.5. The van der Waals surface area contributed by atoms with Gasteiger partial charge in [-0.1, -0.05) is 86.3 Å². The van der Waals surface area contributed by atoms with Crippen LogP contribution in [0.3, 0.4) is 0 Å². The van der Waals surface area contributed by atoms with Crippen LogP contribution in [0.2, 0.25) is 0 Å². The lowest BCUT2D eigenvalue weighted by atomic mass is 9.41. The first-order valence-corrected chi connectivity index (χ1v) is 14.6. The summed E-state index contributed by atoms with van der Waals surface area (Å²) in [5, 5.41) is 0. The van der Waals surface area contributed by atoms with Crippen molar-refractivity contribution in [2.24, 2.45) is 51.2 Å². The Hall–Kier alpha value is -0.790. The van der Waals surface area contributed by atoms with E-state index in [2.05, 4.69) is 61.5 Å². The number of ether oxygens (including phenoxy) is 1. The maximum absolute atomic E-state index is 11.8. The Morgan fingerprint density at radius 3 is 2.35 bits per heavy atom. The Kier molecular flexibility index (Phi) is 6.92. The van der Waals surface area contributed by atoms with Gasteiger partial charge >= 0.3 is 5.97 Å². The molecule has 0 bridgehead atoms. The number of allylic oxidation sites excluding steroid dienone is 2. The number of hydrogen-bond donors (Lipinski definition) is 0. The van der Waals surface area contributed by atoms with Crippen LogP contribution in [0.25, 0.3) is 0 Å². The molecule has 3 fully saturated rings. The number of rotatable bonds is 6. The largest absolute Gasteiger partial charge is 0.462 e. The summed E-state index contributed by atoms with van der Waals surface area (Å²) in [4.78, 5) is 11.8. The average molecular weight is 471 g/mol. The molecule has 0 aromatic rings. The van der Waals surface area contributed by atoms with Crippen molar-refractivity contribution in [1.29, 1.82) is 0 Å². The molecule has 0 aliphatic heterocycles. The molecule has 2 heteroatoms. The fourth-order valence-corrected chi connectivity index (χ4v) is 10.1. The lowest BCUT2D eigenvalue weighted by Gasteiger charge is -2.64. The summed E-state index contributed by atoms with van der Waals surface area (Å²) in [7, 11) is 0. The first-order chi connectivity index (χ1) is 15.8. The van der Waals surface area contributed by atoms with E-state index in [1.807, 2.05) is 5.57 Å². The Labute approximate surface area is 211 Å². The van der Waals surface area contributed by atoms with Gasteiger partial charge in [-0.05, 0) is 90.8 Å². The van der Waals surface area contributed by atoms with Gasteiger partial charge in [-0.15, -0.1) is 0 Å². The van der Waals surface area contributed by atoms with Gasteiger partial charge in [0.1, 0.15) is 6.10 Å². The second-order valence-corrected chi connectivity index (χ2v) is 14.7. The molecule has 0 aromatic heterocycles. The van der Waals surface area contributed by atoms with Crippen LogP contribution in [0.15, 0.2) is 11.6 Å². The molecule has 3 saturated carbocycles. The van der Waals surface area contributed by atoms with E-state index in [1.165, 1.54) is 51.4 Å². The second-order valence-electron chi connectivity index (χ2n) is 14.7. The molecule has 8 atom stereocenters. The SMILES string of the molecule is CC(=O)OC1CC[C@]2(C)[C@H]3CC[C@]4(C)[C@@H]([C@H](C)CCCC(C)C)CC[C@@]4(C)C3=CC[C@H]2C1(C)C. The third kappa shape index (κ3) is 3.92. The van der Waals surface area contributed by atoms with Crippen LogP contribution in [0.1, 0.15) is 127 Å². The molecule has 34 heavy (non-hydrogen) atoms. The molecular weight excluding hydrogens is 416 g/mol. The number of carbonyl (C=O) groups is 1. The molecule has 4 rings (SSSR count). The summed E-state index contributed by atoms with van der Waals surface area (Å²) in [6, 6.07) is 0. The molecule has 2 nitrogen and oxygen atoms in total. The Morgan fingerprint density at radius 2 is 1.71 bits per heavy atom. The highest BCUT2D eigenvalue weighted by Crippen LogP contribution is 2.73. The molecule has 0 spiro atoms. The monoisotopic (exact) mass is 470 g/mol. The zero-order chi connectivity index (χ0) is 25.1. The predicted octanol–water partition coefficient (Wildman–Crippen LogP) is 8.99. The zero-order valence-corrected chi connectivity index (χ0v) is 23.9. The van der Waals surface area contributed by atoms with Crippen molar-refractivity contribution in [1.82, 2.24) is 0 Å². The van der Waals surface area contributed by atoms with Crippen LogP contribution in [0.5, 0.6) is 0 Å². The van der Waals surface area contributed by atoms with E-state index in [9.17, 15) is 4.79 Å². The molecule has 0 amide bonds. The van der Waals surface area contributed by atoms with Crippen LogP contribution < -0.4 is 0 Å². The van der Waals surface area contributed by atoms with Crippen molar-refractivity contribution >= 4 is 5.97 Å². The average Bonchev–Trinajstić information content (AvgIpc) is 3.01. The summed E-state index contributed by atoms with van der Waals surface area (Å²) in [5.74, 6) is 3.72. The van der Waals surface area contributed by atoms with Gasteiger partial charge in [0.2, 0.25) is 0 Å². The molecule has 4 aliphatic rings. The van der Waals surface area contributed by atoms with Crippen molar-refractivity contribution in [2.45, 2.75) is 133 Å².